The quantitative estimate of drug-likeness (QED) is 0.654. The second-order valence-electron chi connectivity index (χ2n) is 4.67. The highest BCUT2D eigenvalue weighted by atomic mass is 35.5. The molecule has 120 valence electrons. The molecule has 0 atom stereocenters. The molecule has 0 aliphatic rings. The SMILES string of the molecule is CC(=NNC(=O)c1ccc(Cl)c(Cl)c1)c1c(O)cc(C)oc1=O. The third kappa shape index (κ3) is 3.91. The van der Waals surface area contributed by atoms with Gasteiger partial charge >= 0.3 is 5.63 Å². The lowest BCUT2D eigenvalue weighted by atomic mass is 10.2. The summed E-state index contributed by atoms with van der Waals surface area (Å²) >= 11 is 11.6. The maximum Gasteiger partial charge on any atom is 0.348 e. The average Bonchev–Trinajstić information content (AvgIpc) is 2.46. The van der Waals surface area contributed by atoms with Crippen molar-refractivity contribution in [1.29, 1.82) is 0 Å². The van der Waals surface area contributed by atoms with Gasteiger partial charge in [-0.05, 0) is 32.0 Å². The molecule has 0 radical (unpaired) electrons. The number of hydrogen-bond acceptors (Lipinski definition) is 5. The maximum atomic E-state index is 12.0. The second kappa shape index (κ2) is 6.85. The number of amides is 1. The molecule has 0 saturated carbocycles. The number of hydrogen-bond donors (Lipinski definition) is 2. The zero-order chi connectivity index (χ0) is 17.1. The molecule has 23 heavy (non-hydrogen) atoms. The lowest BCUT2D eigenvalue weighted by Crippen LogP contribution is -2.21. The molecule has 2 aromatic rings. The van der Waals surface area contributed by atoms with Crippen molar-refractivity contribution in [2.24, 2.45) is 5.10 Å². The third-order valence-electron chi connectivity index (χ3n) is 2.92. The lowest BCUT2D eigenvalue weighted by molar-refractivity contribution is 0.0955. The minimum atomic E-state index is -0.743. The predicted octanol–water partition coefficient (Wildman–Crippen LogP) is 3.11. The van der Waals surface area contributed by atoms with E-state index in [-0.39, 0.29) is 33.4 Å². The monoisotopic (exact) mass is 354 g/mol. The third-order valence-corrected chi connectivity index (χ3v) is 3.66. The molecule has 0 spiro atoms. The Hall–Kier alpha value is -2.31. The summed E-state index contributed by atoms with van der Waals surface area (Å²) in [7, 11) is 0. The van der Waals surface area contributed by atoms with Crippen LogP contribution in [0.25, 0.3) is 0 Å². The summed E-state index contributed by atoms with van der Waals surface area (Å²) in [6.45, 7) is 2.99. The number of nitrogens with one attached hydrogen (secondary N) is 1. The van der Waals surface area contributed by atoms with E-state index >= 15 is 0 Å². The van der Waals surface area contributed by atoms with E-state index in [1.165, 1.54) is 38.1 Å². The Morgan fingerprint density at radius 1 is 1.26 bits per heavy atom. The molecule has 0 saturated heterocycles. The molecule has 0 bridgehead atoms. The molecule has 0 aliphatic heterocycles. The van der Waals surface area contributed by atoms with E-state index in [0.29, 0.717) is 5.02 Å². The number of benzene rings is 1. The number of carbonyl (C=O) groups is 1. The van der Waals surface area contributed by atoms with Crippen molar-refractivity contribution in [2.45, 2.75) is 13.8 Å². The van der Waals surface area contributed by atoms with Crippen molar-refractivity contribution in [3.63, 3.8) is 0 Å². The van der Waals surface area contributed by atoms with Crippen molar-refractivity contribution < 1.29 is 14.3 Å². The Bertz CT molecular complexity index is 859. The van der Waals surface area contributed by atoms with E-state index in [1.807, 2.05) is 0 Å². The van der Waals surface area contributed by atoms with Crippen LogP contribution in [0.15, 0.2) is 38.6 Å². The topological polar surface area (TPSA) is 91.9 Å². The van der Waals surface area contributed by atoms with Crippen LogP contribution in [0.5, 0.6) is 5.75 Å². The average molecular weight is 355 g/mol. The van der Waals surface area contributed by atoms with Gasteiger partial charge in [-0.25, -0.2) is 10.2 Å². The minimum Gasteiger partial charge on any atom is -0.507 e. The zero-order valence-electron chi connectivity index (χ0n) is 12.2. The molecule has 6 nitrogen and oxygen atoms in total. The van der Waals surface area contributed by atoms with Crippen molar-refractivity contribution >= 4 is 34.8 Å². The summed E-state index contributed by atoms with van der Waals surface area (Å²) in [4.78, 5) is 23.7. The maximum absolute atomic E-state index is 12.0. The van der Waals surface area contributed by atoms with Crippen LogP contribution in [0.4, 0.5) is 0 Å². The summed E-state index contributed by atoms with van der Waals surface area (Å²) in [5.41, 5.74) is 1.75. The van der Waals surface area contributed by atoms with Crippen molar-refractivity contribution in [1.82, 2.24) is 5.43 Å². The first-order valence-corrected chi connectivity index (χ1v) is 7.19. The number of nitrogens with zero attached hydrogens (tertiary/aromatic N) is 1. The normalized spacial score (nSPS) is 11.4. The number of carbonyl (C=O) groups excluding carboxylic acids is 1. The lowest BCUT2D eigenvalue weighted by Gasteiger charge is -2.05. The van der Waals surface area contributed by atoms with Gasteiger partial charge in [0.05, 0.1) is 15.8 Å². The highest BCUT2D eigenvalue weighted by Gasteiger charge is 2.14. The van der Waals surface area contributed by atoms with E-state index in [2.05, 4.69) is 10.5 Å². The van der Waals surface area contributed by atoms with Crippen LogP contribution in [0.2, 0.25) is 10.0 Å². The number of hydrazone groups is 1. The Kier molecular flexibility index (Phi) is 5.08. The first-order chi connectivity index (χ1) is 10.8. The Morgan fingerprint density at radius 3 is 2.57 bits per heavy atom. The van der Waals surface area contributed by atoms with Gasteiger partial charge < -0.3 is 9.52 Å². The standard InChI is InChI=1S/C15H12Cl2N2O4/c1-7-5-12(20)13(15(22)23-7)8(2)18-19-14(21)9-3-4-10(16)11(17)6-9/h3-6,20H,1-2H3,(H,19,21). The fourth-order valence-electron chi connectivity index (χ4n) is 1.82. The van der Waals surface area contributed by atoms with E-state index in [9.17, 15) is 14.7 Å². The van der Waals surface area contributed by atoms with Crippen molar-refractivity contribution in [2.75, 3.05) is 0 Å². The van der Waals surface area contributed by atoms with Crippen LogP contribution in [0.1, 0.15) is 28.6 Å². The number of aromatic hydroxyl groups is 1. The molecule has 2 N–H and O–H groups in total. The molecule has 1 aromatic carbocycles. The molecule has 2 rings (SSSR count). The van der Waals surface area contributed by atoms with E-state index < -0.39 is 11.5 Å². The first kappa shape index (κ1) is 17.1. The highest BCUT2D eigenvalue weighted by Crippen LogP contribution is 2.22. The summed E-state index contributed by atoms with van der Waals surface area (Å²) < 4.78 is 4.89. The molecule has 0 aliphatic carbocycles. The Balaban J connectivity index is 2.24. The number of halogens is 2. The van der Waals surface area contributed by atoms with Gasteiger partial charge in [-0.3, -0.25) is 4.79 Å². The second-order valence-corrected chi connectivity index (χ2v) is 5.49. The first-order valence-electron chi connectivity index (χ1n) is 6.43. The van der Waals surface area contributed by atoms with Crippen molar-refractivity contribution in [3.05, 3.63) is 61.6 Å². The molecule has 1 aromatic heterocycles. The molecule has 0 fully saturated rings. The summed E-state index contributed by atoms with van der Waals surface area (Å²) in [6.07, 6.45) is 0. The highest BCUT2D eigenvalue weighted by molar-refractivity contribution is 6.42. The minimum absolute atomic E-state index is 0.102. The van der Waals surface area contributed by atoms with Gasteiger partial charge in [-0.15, -0.1) is 0 Å². The summed E-state index contributed by atoms with van der Waals surface area (Å²) in [6, 6.07) is 5.64. The van der Waals surface area contributed by atoms with Gasteiger partial charge in [-0.1, -0.05) is 23.2 Å². The van der Waals surface area contributed by atoms with E-state index in [1.54, 1.807) is 0 Å². The summed E-state index contributed by atoms with van der Waals surface area (Å²) in [5.74, 6) is -0.549. The van der Waals surface area contributed by atoms with Gasteiger partial charge in [0.2, 0.25) is 0 Å². The van der Waals surface area contributed by atoms with E-state index in [0.717, 1.165) is 0 Å². The van der Waals surface area contributed by atoms with Crippen LogP contribution < -0.4 is 11.1 Å². The number of aryl methyl sites for hydroxylation is 1. The van der Waals surface area contributed by atoms with Gasteiger partial charge in [0.1, 0.15) is 17.1 Å². The fraction of sp³-hybridized carbons (Fsp3) is 0.133. The van der Waals surface area contributed by atoms with Crippen LogP contribution in [0.3, 0.4) is 0 Å². The molecule has 1 heterocycles. The van der Waals surface area contributed by atoms with Crippen LogP contribution in [0, 0.1) is 6.92 Å². The summed E-state index contributed by atoms with van der Waals surface area (Å²) in [5, 5.41) is 14.2. The van der Waals surface area contributed by atoms with Gasteiger partial charge in [0, 0.05) is 11.6 Å². The Morgan fingerprint density at radius 2 is 1.96 bits per heavy atom. The molecule has 8 heteroatoms. The van der Waals surface area contributed by atoms with E-state index in [4.69, 9.17) is 27.6 Å². The van der Waals surface area contributed by atoms with Crippen LogP contribution >= 0.6 is 23.2 Å². The van der Waals surface area contributed by atoms with Crippen molar-refractivity contribution in [3.8, 4) is 5.75 Å². The largest absolute Gasteiger partial charge is 0.507 e. The molecule has 1 amide bonds. The smallest absolute Gasteiger partial charge is 0.348 e. The Labute approximate surface area is 141 Å². The number of rotatable bonds is 3. The fourth-order valence-corrected chi connectivity index (χ4v) is 2.12. The molecular formula is C15H12Cl2N2O4. The predicted molar refractivity (Wildman–Crippen MR) is 87.5 cm³/mol. The molecule has 0 unspecified atom stereocenters. The zero-order valence-corrected chi connectivity index (χ0v) is 13.7. The molecular weight excluding hydrogens is 343 g/mol. The van der Waals surface area contributed by atoms with Crippen LogP contribution in [-0.4, -0.2) is 16.7 Å². The van der Waals surface area contributed by atoms with Gasteiger partial charge in [0.25, 0.3) is 5.91 Å². The van der Waals surface area contributed by atoms with Gasteiger partial charge in [0.15, 0.2) is 0 Å². The van der Waals surface area contributed by atoms with Crippen LogP contribution in [-0.2, 0) is 0 Å². The van der Waals surface area contributed by atoms with Gasteiger partial charge in [-0.2, -0.15) is 5.10 Å².